The molecule has 1 N–H and O–H groups in total. The van der Waals surface area contributed by atoms with Crippen molar-refractivity contribution in [3.05, 3.63) is 104 Å². The summed E-state index contributed by atoms with van der Waals surface area (Å²) in [6, 6.07) is 6.81. The van der Waals surface area contributed by atoms with Crippen LogP contribution in [0.2, 0.25) is 0 Å². The first-order chi connectivity index (χ1) is 18.8. The lowest BCUT2D eigenvalue weighted by Crippen LogP contribution is -2.13. The Bertz CT molecular complexity index is 1340. The van der Waals surface area contributed by atoms with Gasteiger partial charge in [-0.1, -0.05) is 31.2 Å². The largest absolute Gasteiger partial charge is 0.352 e. The number of hydrogen-bond donors (Lipinski definition) is 1. The van der Waals surface area contributed by atoms with Crippen LogP contribution in [-0.2, 0) is 0 Å². The Labute approximate surface area is 226 Å². The van der Waals surface area contributed by atoms with Crippen LogP contribution >= 0.6 is 0 Å². The van der Waals surface area contributed by atoms with Gasteiger partial charge in [0.1, 0.15) is 5.82 Å². The number of rotatable bonds is 6. The number of carbonyl (C=O) groups excluding carboxylic acids is 1. The molecule has 0 heterocycles. The predicted octanol–water partition coefficient (Wildman–Crippen LogP) is 9.40. The molecule has 40 heavy (non-hydrogen) atoms. The zero-order valence-corrected chi connectivity index (χ0v) is 22.3. The average molecular weight is 570 g/mol. The molecule has 0 unspecified atom stereocenters. The molecule has 1 fully saturated rings. The van der Waals surface area contributed by atoms with Gasteiger partial charge in [-0.05, 0) is 57.6 Å². The Morgan fingerprint density at radius 1 is 0.650 bits per heavy atom. The van der Waals surface area contributed by atoms with Gasteiger partial charge in [-0.3, -0.25) is 4.79 Å². The van der Waals surface area contributed by atoms with E-state index in [2.05, 4.69) is 5.32 Å². The van der Waals surface area contributed by atoms with Gasteiger partial charge in [0.2, 0.25) is 0 Å². The Kier molecular flexibility index (Phi) is 9.76. The van der Waals surface area contributed by atoms with Crippen molar-refractivity contribution in [3.63, 3.8) is 0 Å². The predicted molar refractivity (Wildman–Crippen MR) is 137 cm³/mol. The number of anilines is 1. The SMILES string of the molecule is CCCC(=O)c1ccc(C(Nc2c(C)c(F)c(F)c(F)c2F)=C2CCC2)cc1.Cc1c(F)c(C)c(F)c(F)c1F. The monoisotopic (exact) mass is 569 g/mol. The lowest BCUT2D eigenvalue weighted by atomic mass is 9.88. The highest BCUT2D eigenvalue weighted by atomic mass is 19.2. The molecule has 1 aliphatic carbocycles. The minimum absolute atomic E-state index is 0.0319. The standard InChI is InChI=1S/C22H21F4NO.C8H6F4/c1-3-5-16(28)13-8-10-15(11-9-13)22(14-6-4-7-14)27-21-12(2)17(23)18(24)19(25)20(21)26;1-3-5(9)4(2)7(11)8(12)6(3)10/h8-11,27H,3-7H2,1-2H3;1-2H3. The van der Waals surface area contributed by atoms with E-state index >= 15 is 0 Å². The average Bonchev–Trinajstić information content (AvgIpc) is 2.93. The van der Waals surface area contributed by atoms with Crippen LogP contribution in [0.1, 0.15) is 71.6 Å². The van der Waals surface area contributed by atoms with Gasteiger partial charge in [0.05, 0.1) is 5.69 Å². The number of halogens is 8. The number of allylic oxidation sites excluding steroid dienone is 1. The van der Waals surface area contributed by atoms with Gasteiger partial charge in [-0.15, -0.1) is 0 Å². The summed E-state index contributed by atoms with van der Waals surface area (Å²) in [4.78, 5) is 12.0. The van der Waals surface area contributed by atoms with Crippen molar-refractivity contribution in [1.82, 2.24) is 0 Å². The summed E-state index contributed by atoms with van der Waals surface area (Å²) < 4.78 is 106. The highest BCUT2D eigenvalue weighted by Crippen LogP contribution is 2.37. The third kappa shape index (κ3) is 6.05. The molecule has 0 atom stereocenters. The molecular formula is C30H27F8NO. The molecule has 3 aromatic carbocycles. The molecule has 3 aromatic rings. The maximum atomic E-state index is 14.3. The van der Waals surface area contributed by atoms with Crippen LogP contribution in [-0.4, -0.2) is 5.78 Å². The second-order valence-electron chi connectivity index (χ2n) is 9.47. The molecule has 1 aliphatic rings. The molecule has 0 saturated heterocycles. The van der Waals surface area contributed by atoms with E-state index < -0.39 is 63.4 Å². The third-order valence-corrected chi connectivity index (χ3v) is 6.74. The van der Waals surface area contributed by atoms with Gasteiger partial charge in [-0.25, -0.2) is 35.1 Å². The van der Waals surface area contributed by atoms with Gasteiger partial charge in [0.25, 0.3) is 0 Å². The molecule has 2 nitrogen and oxygen atoms in total. The first-order valence-corrected chi connectivity index (χ1v) is 12.6. The van der Waals surface area contributed by atoms with E-state index in [0.717, 1.165) is 45.1 Å². The molecule has 0 bridgehead atoms. The number of benzene rings is 3. The van der Waals surface area contributed by atoms with Crippen molar-refractivity contribution in [2.24, 2.45) is 0 Å². The zero-order chi connectivity index (χ0) is 29.9. The highest BCUT2D eigenvalue weighted by Gasteiger charge is 2.25. The Morgan fingerprint density at radius 2 is 1.10 bits per heavy atom. The van der Waals surface area contributed by atoms with E-state index in [-0.39, 0.29) is 11.3 Å². The number of ketones is 1. The Hall–Kier alpha value is -3.69. The Balaban J connectivity index is 0.000000307. The van der Waals surface area contributed by atoms with E-state index in [1.807, 2.05) is 6.92 Å². The van der Waals surface area contributed by atoms with Crippen molar-refractivity contribution < 1.29 is 39.9 Å². The molecule has 1 saturated carbocycles. The molecule has 0 amide bonds. The topological polar surface area (TPSA) is 29.1 Å². The second-order valence-corrected chi connectivity index (χ2v) is 9.47. The molecule has 214 valence electrons. The summed E-state index contributed by atoms with van der Waals surface area (Å²) in [6.07, 6.45) is 3.69. The number of hydrogen-bond acceptors (Lipinski definition) is 2. The van der Waals surface area contributed by atoms with Crippen molar-refractivity contribution in [2.45, 2.75) is 59.8 Å². The van der Waals surface area contributed by atoms with Crippen molar-refractivity contribution in [1.29, 1.82) is 0 Å². The van der Waals surface area contributed by atoms with Crippen LogP contribution in [0.4, 0.5) is 40.8 Å². The summed E-state index contributed by atoms with van der Waals surface area (Å²) in [6.45, 7) is 5.23. The van der Waals surface area contributed by atoms with Crippen molar-refractivity contribution in [2.75, 3.05) is 5.32 Å². The molecule has 0 aliphatic heterocycles. The zero-order valence-electron chi connectivity index (χ0n) is 22.3. The fourth-order valence-electron chi connectivity index (χ4n) is 4.08. The molecule has 10 heteroatoms. The molecule has 4 rings (SSSR count). The van der Waals surface area contributed by atoms with Gasteiger partial charge >= 0.3 is 0 Å². The summed E-state index contributed by atoms with van der Waals surface area (Å²) in [7, 11) is 0. The molecule has 0 spiro atoms. The minimum atomic E-state index is -1.84. The van der Waals surface area contributed by atoms with E-state index in [9.17, 15) is 39.9 Å². The fraction of sp³-hybridized carbons (Fsp3) is 0.300. The van der Waals surface area contributed by atoms with Crippen LogP contribution in [0.5, 0.6) is 0 Å². The Morgan fingerprint density at radius 3 is 1.57 bits per heavy atom. The smallest absolute Gasteiger partial charge is 0.199 e. The van der Waals surface area contributed by atoms with Gasteiger partial charge in [-0.2, -0.15) is 0 Å². The quantitative estimate of drug-likeness (QED) is 0.139. The van der Waals surface area contributed by atoms with E-state index in [1.54, 1.807) is 24.3 Å². The summed E-state index contributed by atoms with van der Waals surface area (Å²) >= 11 is 0. The van der Waals surface area contributed by atoms with E-state index in [1.165, 1.54) is 6.92 Å². The van der Waals surface area contributed by atoms with E-state index in [4.69, 9.17) is 0 Å². The lowest BCUT2D eigenvalue weighted by molar-refractivity contribution is 0.0981. The van der Waals surface area contributed by atoms with Crippen molar-refractivity contribution >= 4 is 17.2 Å². The molecule has 0 radical (unpaired) electrons. The summed E-state index contributed by atoms with van der Waals surface area (Å²) in [5, 5.41) is 2.79. The van der Waals surface area contributed by atoms with Gasteiger partial charge in [0.15, 0.2) is 46.5 Å². The second kappa shape index (κ2) is 12.7. The van der Waals surface area contributed by atoms with Gasteiger partial charge < -0.3 is 5.32 Å². The lowest BCUT2D eigenvalue weighted by Gasteiger charge is -2.25. The van der Waals surface area contributed by atoms with Crippen LogP contribution in [0.25, 0.3) is 5.70 Å². The summed E-state index contributed by atoms with van der Waals surface area (Å²) in [5.74, 6) is -12.1. The van der Waals surface area contributed by atoms with E-state index in [0.29, 0.717) is 23.2 Å². The van der Waals surface area contributed by atoms with Crippen LogP contribution in [0.15, 0.2) is 29.8 Å². The fourth-order valence-corrected chi connectivity index (χ4v) is 4.08. The highest BCUT2D eigenvalue weighted by molar-refractivity contribution is 5.96. The first kappa shape index (κ1) is 30.8. The number of nitrogens with one attached hydrogen (secondary N) is 1. The van der Waals surface area contributed by atoms with Crippen molar-refractivity contribution in [3.8, 4) is 0 Å². The number of carbonyl (C=O) groups is 1. The van der Waals surface area contributed by atoms with Crippen LogP contribution in [0, 0.1) is 67.3 Å². The number of Topliss-reactive ketones (excluding diaryl/α,β-unsaturated/α-hetero) is 1. The van der Waals surface area contributed by atoms with Crippen LogP contribution in [0.3, 0.4) is 0 Å². The van der Waals surface area contributed by atoms with Gasteiger partial charge in [0, 0.05) is 34.4 Å². The maximum Gasteiger partial charge on any atom is 0.199 e. The van der Waals surface area contributed by atoms with Crippen LogP contribution < -0.4 is 5.32 Å². The normalized spacial score (nSPS) is 12.4. The minimum Gasteiger partial charge on any atom is -0.352 e. The maximum absolute atomic E-state index is 14.3. The molecular weight excluding hydrogens is 542 g/mol. The molecule has 0 aromatic heterocycles. The summed E-state index contributed by atoms with van der Waals surface area (Å²) in [5.41, 5.74) is 1.03. The third-order valence-electron chi connectivity index (χ3n) is 6.74. The first-order valence-electron chi connectivity index (χ1n) is 12.6.